The number of rotatable bonds is 23. The van der Waals surface area contributed by atoms with Gasteiger partial charge in [0.1, 0.15) is 6.61 Å². The first-order valence-corrected chi connectivity index (χ1v) is 15.7. The summed E-state index contributed by atoms with van der Waals surface area (Å²) in [6.45, 7) is 5.28. The predicted molar refractivity (Wildman–Crippen MR) is 155 cm³/mol. The SMILES string of the molecule is CCCCCCCCCCCCCCCCCCOC[C@@H]1CO[C@@H](COC(=O)N(C)Cc2ccccn2)C1. The fourth-order valence-electron chi connectivity index (χ4n) is 5.09. The van der Waals surface area contributed by atoms with Gasteiger partial charge in [-0.2, -0.15) is 0 Å². The van der Waals surface area contributed by atoms with E-state index in [1.165, 1.54) is 101 Å². The minimum absolute atomic E-state index is 0.0358. The summed E-state index contributed by atoms with van der Waals surface area (Å²) in [6.07, 6.45) is 24.4. The van der Waals surface area contributed by atoms with Gasteiger partial charge in [0.05, 0.1) is 31.6 Å². The standard InChI is InChI=1S/C32H56N2O4/c1-3-4-5-6-7-8-9-10-11-12-13-14-15-16-17-20-23-36-26-29-24-31(37-27-29)28-38-32(35)34(2)25-30-21-18-19-22-33-30/h18-19,21-22,29,31H,3-17,20,23-28H2,1-2H3/t29-,31-/m1/s1. The molecule has 6 nitrogen and oxygen atoms in total. The van der Waals surface area contributed by atoms with Crippen molar-refractivity contribution in [2.24, 2.45) is 5.92 Å². The number of carbonyl (C=O) groups is 1. The van der Waals surface area contributed by atoms with Crippen molar-refractivity contribution in [1.29, 1.82) is 0 Å². The lowest BCUT2D eigenvalue weighted by molar-refractivity contribution is 0.0289. The number of carbonyl (C=O) groups excluding carboxylic acids is 1. The van der Waals surface area contributed by atoms with Crippen molar-refractivity contribution in [3.8, 4) is 0 Å². The van der Waals surface area contributed by atoms with E-state index in [4.69, 9.17) is 14.2 Å². The van der Waals surface area contributed by atoms with Crippen molar-refractivity contribution in [2.75, 3.05) is 33.5 Å². The molecule has 1 fully saturated rings. The molecule has 0 unspecified atom stereocenters. The highest BCUT2D eigenvalue weighted by Crippen LogP contribution is 2.21. The van der Waals surface area contributed by atoms with Crippen molar-refractivity contribution in [3.63, 3.8) is 0 Å². The van der Waals surface area contributed by atoms with Crippen LogP contribution in [0.5, 0.6) is 0 Å². The van der Waals surface area contributed by atoms with E-state index in [1.807, 2.05) is 18.2 Å². The molecule has 2 atom stereocenters. The van der Waals surface area contributed by atoms with E-state index in [2.05, 4.69) is 11.9 Å². The number of hydrogen-bond acceptors (Lipinski definition) is 5. The quantitative estimate of drug-likeness (QED) is 0.133. The van der Waals surface area contributed by atoms with Crippen LogP contribution >= 0.6 is 0 Å². The van der Waals surface area contributed by atoms with Gasteiger partial charge < -0.3 is 19.1 Å². The van der Waals surface area contributed by atoms with Crippen molar-refractivity contribution >= 4 is 6.09 Å². The second-order valence-corrected chi connectivity index (χ2v) is 11.2. The lowest BCUT2D eigenvalue weighted by Crippen LogP contribution is -2.30. The van der Waals surface area contributed by atoms with Crippen LogP contribution in [0.4, 0.5) is 4.79 Å². The van der Waals surface area contributed by atoms with Crippen LogP contribution in [0, 0.1) is 5.92 Å². The third-order valence-electron chi connectivity index (χ3n) is 7.49. The molecule has 0 radical (unpaired) electrons. The highest BCUT2D eigenvalue weighted by Gasteiger charge is 2.27. The number of pyridine rings is 1. The Balaban J connectivity index is 1.32. The maximum absolute atomic E-state index is 12.2. The lowest BCUT2D eigenvalue weighted by Gasteiger charge is -2.18. The van der Waals surface area contributed by atoms with Gasteiger partial charge in [-0.25, -0.2) is 4.79 Å². The van der Waals surface area contributed by atoms with Crippen LogP contribution in [0.15, 0.2) is 24.4 Å². The van der Waals surface area contributed by atoms with E-state index in [1.54, 1.807) is 13.2 Å². The maximum Gasteiger partial charge on any atom is 0.409 e. The third kappa shape index (κ3) is 16.3. The van der Waals surface area contributed by atoms with Gasteiger partial charge in [-0.1, -0.05) is 109 Å². The molecule has 38 heavy (non-hydrogen) atoms. The monoisotopic (exact) mass is 532 g/mol. The Hall–Kier alpha value is -1.66. The smallest absolute Gasteiger partial charge is 0.409 e. The Labute approximate surface area is 233 Å². The molecule has 1 aromatic heterocycles. The van der Waals surface area contributed by atoms with Crippen LogP contribution < -0.4 is 0 Å². The van der Waals surface area contributed by atoms with Gasteiger partial charge in [0, 0.05) is 25.8 Å². The highest BCUT2D eigenvalue weighted by molar-refractivity contribution is 5.67. The van der Waals surface area contributed by atoms with Gasteiger partial charge in [-0.15, -0.1) is 0 Å². The lowest BCUT2D eigenvalue weighted by atomic mass is 10.0. The zero-order valence-corrected chi connectivity index (χ0v) is 24.5. The van der Waals surface area contributed by atoms with Crippen LogP contribution in [-0.2, 0) is 20.8 Å². The predicted octanol–water partition coefficient (Wildman–Crippen LogP) is 8.33. The molecule has 0 aromatic carbocycles. The van der Waals surface area contributed by atoms with Crippen molar-refractivity contribution < 1.29 is 19.0 Å². The van der Waals surface area contributed by atoms with Crippen molar-refractivity contribution in [1.82, 2.24) is 9.88 Å². The Kier molecular flexibility index (Phi) is 19.0. The summed E-state index contributed by atoms with van der Waals surface area (Å²) in [5, 5.41) is 0. The molecule has 1 aliphatic heterocycles. The first-order valence-electron chi connectivity index (χ1n) is 15.7. The minimum Gasteiger partial charge on any atom is -0.447 e. The largest absolute Gasteiger partial charge is 0.447 e. The molecule has 2 rings (SSSR count). The number of unbranched alkanes of at least 4 members (excludes halogenated alkanes) is 15. The van der Waals surface area contributed by atoms with E-state index in [-0.39, 0.29) is 12.2 Å². The Bertz CT molecular complexity index is 687. The Morgan fingerprint density at radius 2 is 1.50 bits per heavy atom. The first-order chi connectivity index (χ1) is 18.7. The second kappa shape index (κ2) is 22.2. The van der Waals surface area contributed by atoms with Gasteiger partial charge in [0.2, 0.25) is 0 Å². The van der Waals surface area contributed by atoms with Gasteiger partial charge in [0.25, 0.3) is 0 Å². The summed E-state index contributed by atoms with van der Waals surface area (Å²) in [5.74, 6) is 0.394. The molecule has 218 valence electrons. The Morgan fingerprint density at radius 1 is 0.895 bits per heavy atom. The summed E-state index contributed by atoms with van der Waals surface area (Å²) in [6, 6.07) is 5.67. The zero-order chi connectivity index (χ0) is 27.1. The van der Waals surface area contributed by atoms with E-state index in [0.29, 0.717) is 25.7 Å². The van der Waals surface area contributed by atoms with Gasteiger partial charge in [0.15, 0.2) is 0 Å². The van der Waals surface area contributed by atoms with Gasteiger partial charge in [-0.05, 0) is 25.0 Å². The average Bonchev–Trinajstić information content (AvgIpc) is 3.39. The Morgan fingerprint density at radius 3 is 2.08 bits per heavy atom. The number of hydrogen-bond donors (Lipinski definition) is 0. The van der Waals surface area contributed by atoms with Crippen molar-refractivity contribution in [3.05, 3.63) is 30.1 Å². The molecular formula is C32H56N2O4. The molecule has 0 spiro atoms. The van der Waals surface area contributed by atoms with Crippen LogP contribution in [0.3, 0.4) is 0 Å². The number of aromatic nitrogens is 1. The van der Waals surface area contributed by atoms with E-state index >= 15 is 0 Å². The third-order valence-corrected chi connectivity index (χ3v) is 7.49. The zero-order valence-electron chi connectivity index (χ0n) is 24.5. The highest BCUT2D eigenvalue weighted by atomic mass is 16.6. The second-order valence-electron chi connectivity index (χ2n) is 11.2. The number of amides is 1. The molecule has 6 heteroatoms. The van der Waals surface area contributed by atoms with Crippen LogP contribution in [0.2, 0.25) is 0 Å². The normalized spacial score (nSPS) is 17.1. The first kappa shape index (κ1) is 32.6. The summed E-state index contributed by atoms with van der Waals surface area (Å²) in [5.41, 5.74) is 0.839. The van der Waals surface area contributed by atoms with Gasteiger partial charge in [-0.3, -0.25) is 4.98 Å². The van der Waals surface area contributed by atoms with E-state index in [0.717, 1.165) is 31.7 Å². The molecule has 1 saturated heterocycles. The molecule has 1 aliphatic rings. The summed E-state index contributed by atoms with van der Waals surface area (Å²) < 4.78 is 17.2. The molecule has 1 amide bonds. The molecular weight excluding hydrogens is 476 g/mol. The summed E-state index contributed by atoms with van der Waals surface area (Å²) >= 11 is 0. The fraction of sp³-hybridized carbons (Fsp3) is 0.812. The summed E-state index contributed by atoms with van der Waals surface area (Å²) in [4.78, 5) is 18.0. The van der Waals surface area contributed by atoms with Crippen LogP contribution in [-0.4, -0.2) is 55.6 Å². The number of ether oxygens (including phenoxy) is 3. The molecule has 0 saturated carbocycles. The average molecular weight is 533 g/mol. The molecule has 0 bridgehead atoms. The minimum atomic E-state index is -0.345. The van der Waals surface area contributed by atoms with Crippen LogP contribution in [0.1, 0.15) is 122 Å². The van der Waals surface area contributed by atoms with Crippen LogP contribution in [0.25, 0.3) is 0 Å². The molecule has 2 heterocycles. The molecule has 0 N–H and O–H groups in total. The number of nitrogens with zero attached hydrogens (tertiary/aromatic N) is 2. The van der Waals surface area contributed by atoms with Gasteiger partial charge >= 0.3 is 6.09 Å². The van der Waals surface area contributed by atoms with E-state index in [9.17, 15) is 4.79 Å². The maximum atomic E-state index is 12.2. The topological polar surface area (TPSA) is 60.9 Å². The van der Waals surface area contributed by atoms with Crippen molar-refractivity contribution in [2.45, 2.75) is 129 Å². The van der Waals surface area contributed by atoms with E-state index < -0.39 is 0 Å². The molecule has 1 aromatic rings. The molecule has 0 aliphatic carbocycles. The fourth-order valence-corrected chi connectivity index (χ4v) is 5.09. The summed E-state index contributed by atoms with van der Waals surface area (Å²) in [7, 11) is 1.72.